The van der Waals surface area contributed by atoms with Crippen molar-refractivity contribution in [3.8, 4) is 0 Å². The van der Waals surface area contributed by atoms with Crippen molar-refractivity contribution in [3.05, 3.63) is 82.9 Å². The fraction of sp³-hybridized carbons (Fsp3) is 0.318. The van der Waals surface area contributed by atoms with Crippen molar-refractivity contribution in [2.24, 2.45) is 0 Å². The van der Waals surface area contributed by atoms with Gasteiger partial charge in [-0.2, -0.15) is 0 Å². The summed E-state index contributed by atoms with van der Waals surface area (Å²) < 4.78 is 16.7. The second-order valence-corrected chi connectivity index (χ2v) is 6.43. The van der Waals surface area contributed by atoms with Crippen LogP contribution < -0.4 is 0 Å². The first-order valence-corrected chi connectivity index (χ1v) is 8.77. The van der Waals surface area contributed by atoms with Gasteiger partial charge in [0.25, 0.3) is 0 Å². The van der Waals surface area contributed by atoms with E-state index in [2.05, 4.69) is 19.1 Å². The van der Waals surface area contributed by atoms with Crippen LogP contribution in [0.5, 0.6) is 0 Å². The Balaban J connectivity index is 1.87. The van der Waals surface area contributed by atoms with Crippen molar-refractivity contribution in [2.45, 2.75) is 25.6 Å². The van der Waals surface area contributed by atoms with Crippen LogP contribution in [0.25, 0.3) is 0 Å². The molecule has 0 saturated heterocycles. The quantitative estimate of drug-likeness (QED) is 0.571. The van der Waals surface area contributed by atoms with Crippen molar-refractivity contribution >= 4 is 5.97 Å². The van der Waals surface area contributed by atoms with E-state index >= 15 is 0 Å². The number of methoxy groups -OCH3 is 1. The van der Waals surface area contributed by atoms with Gasteiger partial charge in [-0.25, -0.2) is 4.79 Å². The van der Waals surface area contributed by atoms with Gasteiger partial charge < -0.3 is 14.2 Å². The maximum Gasteiger partial charge on any atom is 0.332 e. The van der Waals surface area contributed by atoms with Gasteiger partial charge in [-0.1, -0.05) is 66.2 Å². The van der Waals surface area contributed by atoms with Gasteiger partial charge >= 0.3 is 5.97 Å². The van der Waals surface area contributed by atoms with Crippen LogP contribution in [0.4, 0.5) is 0 Å². The Morgan fingerprint density at radius 1 is 1.04 bits per heavy atom. The summed E-state index contributed by atoms with van der Waals surface area (Å²) in [6, 6.07) is 20.3. The average molecular weight is 352 g/mol. The Morgan fingerprint density at radius 3 is 2.27 bits per heavy atom. The molecule has 26 heavy (non-hydrogen) atoms. The molecular formula is C22H24O4. The predicted octanol–water partition coefficient (Wildman–Crippen LogP) is 4.40. The number of benzene rings is 2. The number of ether oxygens (including phenoxy) is 3. The van der Waals surface area contributed by atoms with Gasteiger partial charge in [-0.15, -0.1) is 0 Å². The maximum atomic E-state index is 11.7. The summed E-state index contributed by atoms with van der Waals surface area (Å²) in [7, 11) is 1.48. The molecule has 0 fully saturated rings. The Kier molecular flexibility index (Phi) is 6.21. The predicted molar refractivity (Wildman–Crippen MR) is 99.6 cm³/mol. The SMILES string of the molecule is COCC(=O)OCC1=C(C)C[C@@H](c2ccccc2)O[C@H]1c1ccccc1. The summed E-state index contributed by atoms with van der Waals surface area (Å²) in [5.74, 6) is -0.371. The topological polar surface area (TPSA) is 44.8 Å². The number of carbonyl (C=O) groups excluding carboxylic acids is 1. The lowest BCUT2D eigenvalue weighted by Crippen LogP contribution is -2.24. The molecule has 4 nitrogen and oxygen atoms in total. The standard InChI is InChI=1S/C22H24O4/c1-16-13-20(17-9-5-3-6-10-17)26-22(18-11-7-4-8-12-18)19(16)14-25-21(23)15-24-2/h3-12,20,22H,13-15H2,1-2H3/t20-,22-/m0/s1. The van der Waals surface area contributed by atoms with Crippen LogP contribution in [0.2, 0.25) is 0 Å². The van der Waals surface area contributed by atoms with Crippen LogP contribution >= 0.6 is 0 Å². The summed E-state index contributed by atoms with van der Waals surface area (Å²) in [5, 5.41) is 0. The number of hydrogen-bond donors (Lipinski definition) is 0. The van der Waals surface area contributed by atoms with E-state index in [0.717, 1.165) is 23.1 Å². The summed E-state index contributed by atoms with van der Waals surface area (Å²) in [6.07, 6.45) is 0.537. The molecule has 0 unspecified atom stereocenters. The van der Waals surface area contributed by atoms with E-state index in [1.165, 1.54) is 12.7 Å². The second-order valence-electron chi connectivity index (χ2n) is 6.43. The molecule has 2 atom stereocenters. The zero-order valence-electron chi connectivity index (χ0n) is 15.2. The van der Waals surface area contributed by atoms with E-state index in [1.54, 1.807) is 0 Å². The van der Waals surface area contributed by atoms with Crippen LogP contribution in [0.15, 0.2) is 71.8 Å². The fourth-order valence-electron chi connectivity index (χ4n) is 3.22. The minimum absolute atomic E-state index is 0.0140. The second kappa shape index (κ2) is 8.79. The van der Waals surface area contributed by atoms with Gasteiger partial charge in [0, 0.05) is 7.11 Å². The van der Waals surface area contributed by atoms with Crippen molar-refractivity contribution < 1.29 is 19.0 Å². The zero-order valence-corrected chi connectivity index (χ0v) is 15.2. The normalized spacial score (nSPS) is 20.1. The first-order chi connectivity index (χ1) is 12.7. The van der Waals surface area contributed by atoms with Crippen molar-refractivity contribution in [1.29, 1.82) is 0 Å². The molecule has 4 heteroatoms. The molecule has 0 radical (unpaired) electrons. The summed E-state index contributed by atoms with van der Waals surface area (Å²) in [6.45, 7) is 2.26. The first kappa shape index (κ1) is 18.4. The average Bonchev–Trinajstić information content (AvgIpc) is 2.68. The highest BCUT2D eigenvalue weighted by Crippen LogP contribution is 2.42. The van der Waals surface area contributed by atoms with Gasteiger partial charge in [-0.05, 0) is 30.0 Å². The van der Waals surface area contributed by atoms with Gasteiger partial charge in [0.2, 0.25) is 0 Å². The van der Waals surface area contributed by atoms with Crippen molar-refractivity contribution in [2.75, 3.05) is 20.3 Å². The Bertz CT molecular complexity index is 752. The molecule has 0 aromatic heterocycles. The third-order valence-corrected chi connectivity index (χ3v) is 4.58. The van der Waals surface area contributed by atoms with Gasteiger partial charge in [0.1, 0.15) is 19.3 Å². The monoisotopic (exact) mass is 352 g/mol. The molecular weight excluding hydrogens is 328 g/mol. The van der Waals surface area contributed by atoms with E-state index in [0.29, 0.717) is 0 Å². The smallest absolute Gasteiger partial charge is 0.332 e. The highest BCUT2D eigenvalue weighted by atomic mass is 16.6. The van der Waals surface area contributed by atoms with Gasteiger partial charge in [0.05, 0.1) is 6.10 Å². The minimum Gasteiger partial charge on any atom is -0.459 e. The molecule has 3 rings (SSSR count). The van der Waals surface area contributed by atoms with Crippen LogP contribution in [-0.2, 0) is 19.0 Å². The van der Waals surface area contributed by atoms with Crippen LogP contribution in [0.3, 0.4) is 0 Å². The Labute approximate surface area is 154 Å². The van der Waals surface area contributed by atoms with E-state index in [-0.39, 0.29) is 31.4 Å². The first-order valence-electron chi connectivity index (χ1n) is 8.77. The minimum atomic E-state index is -0.371. The molecule has 0 aliphatic carbocycles. The Morgan fingerprint density at radius 2 is 1.65 bits per heavy atom. The molecule has 2 aromatic rings. The molecule has 0 N–H and O–H groups in total. The number of carbonyl (C=O) groups is 1. The summed E-state index contributed by atoms with van der Waals surface area (Å²) >= 11 is 0. The van der Waals surface area contributed by atoms with Crippen LogP contribution in [-0.4, -0.2) is 26.3 Å². The molecule has 2 aromatic carbocycles. The van der Waals surface area contributed by atoms with E-state index in [9.17, 15) is 4.79 Å². The van der Waals surface area contributed by atoms with Gasteiger partial charge in [0.15, 0.2) is 0 Å². The molecule has 136 valence electrons. The lowest BCUT2D eigenvalue weighted by atomic mass is 9.89. The largest absolute Gasteiger partial charge is 0.459 e. The number of rotatable bonds is 6. The van der Waals surface area contributed by atoms with E-state index < -0.39 is 0 Å². The van der Waals surface area contributed by atoms with E-state index in [1.807, 2.05) is 48.5 Å². The summed E-state index contributed by atoms with van der Waals surface area (Å²) in [5.41, 5.74) is 4.42. The van der Waals surface area contributed by atoms with Crippen molar-refractivity contribution in [1.82, 2.24) is 0 Å². The molecule has 1 heterocycles. The van der Waals surface area contributed by atoms with Gasteiger partial charge in [-0.3, -0.25) is 0 Å². The summed E-state index contributed by atoms with van der Waals surface area (Å²) in [4.78, 5) is 11.7. The number of esters is 1. The maximum absolute atomic E-state index is 11.7. The highest BCUT2D eigenvalue weighted by molar-refractivity contribution is 5.70. The van der Waals surface area contributed by atoms with Crippen LogP contribution in [0.1, 0.15) is 36.7 Å². The molecule has 0 saturated carbocycles. The highest BCUT2D eigenvalue weighted by Gasteiger charge is 2.30. The third kappa shape index (κ3) is 4.40. The number of hydrogen-bond acceptors (Lipinski definition) is 4. The molecule has 0 spiro atoms. The Hall–Kier alpha value is -2.43. The zero-order chi connectivity index (χ0) is 18.4. The van der Waals surface area contributed by atoms with Crippen LogP contribution in [0, 0.1) is 0 Å². The fourth-order valence-corrected chi connectivity index (χ4v) is 3.22. The lowest BCUT2D eigenvalue weighted by Gasteiger charge is -2.34. The molecule has 1 aliphatic heterocycles. The molecule has 0 bridgehead atoms. The lowest BCUT2D eigenvalue weighted by molar-refractivity contribution is -0.147. The molecule has 1 aliphatic rings. The molecule has 0 amide bonds. The van der Waals surface area contributed by atoms with Crippen molar-refractivity contribution in [3.63, 3.8) is 0 Å². The van der Waals surface area contributed by atoms with E-state index in [4.69, 9.17) is 14.2 Å². The third-order valence-electron chi connectivity index (χ3n) is 4.58.